The van der Waals surface area contributed by atoms with Crippen LogP contribution in [0.1, 0.15) is 44.3 Å². The van der Waals surface area contributed by atoms with E-state index in [4.69, 9.17) is 0 Å². The Bertz CT molecular complexity index is 334. The summed E-state index contributed by atoms with van der Waals surface area (Å²) < 4.78 is 1.93. The Labute approximate surface area is 108 Å². The molecule has 0 saturated carbocycles. The highest BCUT2D eigenvalue weighted by Crippen LogP contribution is 2.30. The maximum absolute atomic E-state index is 10.2. The molecule has 1 aromatic rings. The maximum Gasteiger partial charge on any atom is 0.0823 e. The zero-order chi connectivity index (χ0) is 12.1. The zero-order valence-corrected chi connectivity index (χ0v) is 11.3. The van der Waals surface area contributed by atoms with Crippen LogP contribution in [0.15, 0.2) is 12.4 Å². The van der Waals surface area contributed by atoms with Crippen LogP contribution in [-0.4, -0.2) is 26.4 Å². The Morgan fingerprint density at radius 1 is 1.53 bits per heavy atom. The van der Waals surface area contributed by atoms with Crippen LogP contribution in [0.5, 0.6) is 0 Å². The number of aliphatic hydroxyl groups is 1. The van der Waals surface area contributed by atoms with Crippen molar-refractivity contribution in [2.75, 3.05) is 11.5 Å². The second-order valence-corrected chi connectivity index (χ2v) is 6.07. The van der Waals surface area contributed by atoms with Crippen molar-refractivity contribution in [1.82, 2.24) is 9.78 Å². The average Bonchev–Trinajstić information content (AvgIpc) is 2.79. The molecule has 1 saturated heterocycles. The first-order valence-electron chi connectivity index (χ1n) is 6.57. The van der Waals surface area contributed by atoms with Crippen molar-refractivity contribution in [2.45, 2.75) is 45.3 Å². The van der Waals surface area contributed by atoms with Gasteiger partial charge in [-0.1, -0.05) is 6.92 Å². The molecule has 3 nitrogen and oxygen atoms in total. The lowest BCUT2D eigenvalue weighted by Gasteiger charge is -2.23. The largest absolute Gasteiger partial charge is 0.388 e. The highest BCUT2D eigenvalue weighted by molar-refractivity contribution is 7.99. The van der Waals surface area contributed by atoms with Gasteiger partial charge in [0.1, 0.15) is 0 Å². The van der Waals surface area contributed by atoms with Gasteiger partial charge in [0.05, 0.1) is 12.3 Å². The van der Waals surface area contributed by atoms with Crippen LogP contribution in [0.2, 0.25) is 0 Å². The summed E-state index contributed by atoms with van der Waals surface area (Å²) in [6.07, 6.45) is 7.98. The van der Waals surface area contributed by atoms with Gasteiger partial charge in [-0.2, -0.15) is 16.9 Å². The Morgan fingerprint density at radius 3 is 3.00 bits per heavy atom. The van der Waals surface area contributed by atoms with Crippen LogP contribution in [0.3, 0.4) is 0 Å². The molecule has 4 heteroatoms. The minimum atomic E-state index is -0.325. The van der Waals surface area contributed by atoms with Gasteiger partial charge < -0.3 is 5.11 Å². The van der Waals surface area contributed by atoms with Crippen LogP contribution in [0, 0.1) is 5.92 Å². The van der Waals surface area contributed by atoms with Crippen LogP contribution >= 0.6 is 11.8 Å². The van der Waals surface area contributed by atoms with Crippen molar-refractivity contribution in [2.24, 2.45) is 5.92 Å². The van der Waals surface area contributed by atoms with E-state index in [1.165, 1.54) is 24.3 Å². The second kappa shape index (κ2) is 6.45. The Balaban J connectivity index is 1.86. The van der Waals surface area contributed by atoms with Gasteiger partial charge in [0.2, 0.25) is 0 Å². The monoisotopic (exact) mass is 254 g/mol. The standard InChI is InChI=1S/C13H22N2OS/c1-2-5-15-10-12(9-14-15)13(16)8-11-3-6-17-7-4-11/h9-11,13,16H,2-8H2,1H3. The fourth-order valence-electron chi connectivity index (χ4n) is 2.34. The van der Waals surface area contributed by atoms with Gasteiger partial charge >= 0.3 is 0 Å². The van der Waals surface area contributed by atoms with E-state index in [-0.39, 0.29) is 6.10 Å². The molecule has 1 N–H and O–H groups in total. The maximum atomic E-state index is 10.2. The molecular weight excluding hydrogens is 232 g/mol. The number of aromatic nitrogens is 2. The normalized spacial score (nSPS) is 19.4. The summed E-state index contributed by atoms with van der Waals surface area (Å²) >= 11 is 2.03. The summed E-state index contributed by atoms with van der Waals surface area (Å²) in [5.41, 5.74) is 0.983. The second-order valence-electron chi connectivity index (χ2n) is 4.84. The third kappa shape index (κ3) is 3.75. The summed E-state index contributed by atoms with van der Waals surface area (Å²) in [7, 11) is 0. The third-order valence-electron chi connectivity index (χ3n) is 3.39. The number of hydrogen-bond donors (Lipinski definition) is 1. The Kier molecular flexibility index (Phi) is 4.92. The van der Waals surface area contributed by atoms with Crippen LogP contribution in [0.4, 0.5) is 0 Å². The lowest BCUT2D eigenvalue weighted by Crippen LogP contribution is -2.13. The fourth-order valence-corrected chi connectivity index (χ4v) is 3.54. The first-order chi connectivity index (χ1) is 8.29. The number of aliphatic hydroxyl groups excluding tert-OH is 1. The molecule has 1 fully saturated rings. The lowest BCUT2D eigenvalue weighted by molar-refractivity contribution is 0.141. The number of nitrogens with zero attached hydrogens (tertiary/aromatic N) is 2. The minimum absolute atomic E-state index is 0.325. The predicted octanol–water partition coefficient (Wildman–Crippen LogP) is 2.86. The van der Waals surface area contributed by atoms with E-state index in [2.05, 4.69) is 12.0 Å². The molecular formula is C13H22N2OS. The van der Waals surface area contributed by atoms with Gasteiger partial charge in [0.15, 0.2) is 0 Å². The first kappa shape index (κ1) is 13.0. The van der Waals surface area contributed by atoms with Gasteiger partial charge in [0, 0.05) is 18.3 Å². The molecule has 1 aromatic heterocycles. The molecule has 17 heavy (non-hydrogen) atoms. The van der Waals surface area contributed by atoms with E-state index >= 15 is 0 Å². The van der Waals surface area contributed by atoms with Crippen LogP contribution in [-0.2, 0) is 6.54 Å². The van der Waals surface area contributed by atoms with E-state index < -0.39 is 0 Å². The summed E-state index contributed by atoms with van der Waals surface area (Å²) in [6, 6.07) is 0. The molecule has 96 valence electrons. The summed E-state index contributed by atoms with van der Waals surface area (Å²) in [6.45, 7) is 3.07. The quantitative estimate of drug-likeness (QED) is 0.878. The molecule has 1 unspecified atom stereocenters. The van der Waals surface area contributed by atoms with Crippen molar-refractivity contribution in [3.8, 4) is 0 Å². The number of thioether (sulfide) groups is 1. The number of rotatable bonds is 5. The third-order valence-corrected chi connectivity index (χ3v) is 4.44. The lowest BCUT2D eigenvalue weighted by atomic mass is 9.93. The van der Waals surface area contributed by atoms with E-state index in [1.807, 2.05) is 28.8 Å². The smallest absolute Gasteiger partial charge is 0.0823 e. The van der Waals surface area contributed by atoms with Crippen molar-refractivity contribution in [3.05, 3.63) is 18.0 Å². The molecule has 0 aromatic carbocycles. The molecule has 0 spiro atoms. The molecule has 0 amide bonds. The van der Waals surface area contributed by atoms with Crippen molar-refractivity contribution < 1.29 is 5.11 Å². The zero-order valence-electron chi connectivity index (χ0n) is 10.5. The number of hydrogen-bond acceptors (Lipinski definition) is 3. The highest BCUT2D eigenvalue weighted by Gasteiger charge is 2.19. The van der Waals surface area contributed by atoms with E-state index in [0.29, 0.717) is 5.92 Å². The Hall–Kier alpha value is -0.480. The SMILES string of the molecule is CCCn1cc(C(O)CC2CCSCC2)cn1. The van der Waals surface area contributed by atoms with Gasteiger partial charge in [-0.15, -0.1) is 0 Å². The molecule has 2 heterocycles. The number of aryl methyl sites for hydroxylation is 1. The van der Waals surface area contributed by atoms with Crippen LogP contribution < -0.4 is 0 Å². The fraction of sp³-hybridized carbons (Fsp3) is 0.769. The first-order valence-corrected chi connectivity index (χ1v) is 7.73. The molecule has 0 radical (unpaired) electrons. The topological polar surface area (TPSA) is 38.0 Å². The molecule has 1 aliphatic heterocycles. The van der Waals surface area contributed by atoms with Gasteiger partial charge in [-0.25, -0.2) is 0 Å². The van der Waals surface area contributed by atoms with Crippen molar-refractivity contribution >= 4 is 11.8 Å². The van der Waals surface area contributed by atoms with Crippen LogP contribution in [0.25, 0.3) is 0 Å². The summed E-state index contributed by atoms with van der Waals surface area (Å²) in [5.74, 6) is 3.21. The van der Waals surface area contributed by atoms with Gasteiger partial charge in [0.25, 0.3) is 0 Å². The van der Waals surface area contributed by atoms with Crippen molar-refractivity contribution in [1.29, 1.82) is 0 Å². The summed E-state index contributed by atoms with van der Waals surface area (Å²) in [4.78, 5) is 0. The average molecular weight is 254 g/mol. The molecule has 2 rings (SSSR count). The molecule has 1 aliphatic rings. The van der Waals surface area contributed by atoms with Gasteiger partial charge in [-0.3, -0.25) is 4.68 Å². The Morgan fingerprint density at radius 2 is 2.29 bits per heavy atom. The van der Waals surface area contributed by atoms with E-state index in [0.717, 1.165) is 24.9 Å². The van der Waals surface area contributed by atoms with E-state index in [1.54, 1.807) is 0 Å². The molecule has 1 atom stereocenters. The van der Waals surface area contributed by atoms with Crippen molar-refractivity contribution in [3.63, 3.8) is 0 Å². The minimum Gasteiger partial charge on any atom is -0.388 e. The van der Waals surface area contributed by atoms with E-state index in [9.17, 15) is 5.11 Å². The summed E-state index contributed by atoms with van der Waals surface area (Å²) in [5, 5.41) is 14.5. The molecule has 0 aliphatic carbocycles. The predicted molar refractivity (Wildman–Crippen MR) is 72.1 cm³/mol. The van der Waals surface area contributed by atoms with Gasteiger partial charge in [-0.05, 0) is 43.1 Å². The molecule has 0 bridgehead atoms. The highest BCUT2D eigenvalue weighted by atomic mass is 32.2.